The first kappa shape index (κ1) is 16.8. The summed E-state index contributed by atoms with van der Waals surface area (Å²) in [4.78, 5) is 13.0. The lowest BCUT2D eigenvalue weighted by molar-refractivity contribution is -0.385. The van der Waals surface area contributed by atoms with Gasteiger partial charge in [0.05, 0.1) is 18.1 Å². The molecule has 130 valence electrons. The lowest BCUT2D eigenvalue weighted by Gasteiger charge is -2.56. The summed E-state index contributed by atoms with van der Waals surface area (Å²) in [6.07, 6.45) is 4.16. The van der Waals surface area contributed by atoms with Crippen LogP contribution in [0.25, 0.3) is 6.08 Å². The number of non-ortho nitro benzene ring substituents is 1. The van der Waals surface area contributed by atoms with E-state index < -0.39 is 10.6 Å². The number of likely N-dealkylation sites (N-methyl/N-ethyl adjacent to an activating group) is 1. The smallest absolute Gasteiger partial charge is 0.274 e. The normalized spacial score (nSPS) is 25.6. The van der Waals surface area contributed by atoms with Gasteiger partial charge in [0.1, 0.15) is 0 Å². The van der Waals surface area contributed by atoms with Crippen molar-refractivity contribution >= 4 is 11.8 Å². The first-order valence-corrected chi connectivity index (χ1v) is 8.18. The Kier molecular flexibility index (Phi) is 3.83. The van der Waals surface area contributed by atoms with Gasteiger partial charge in [-0.3, -0.25) is 15.0 Å². The maximum absolute atomic E-state index is 11.2. The third kappa shape index (κ3) is 2.20. The van der Waals surface area contributed by atoms with E-state index in [1.54, 1.807) is 6.07 Å². The van der Waals surface area contributed by atoms with Gasteiger partial charge in [0.25, 0.3) is 5.69 Å². The van der Waals surface area contributed by atoms with Gasteiger partial charge in [-0.15, -0.1) is 0 Å². The molecule has 0 N–H and O–H groups in total. The zero-order valence-electron chi connectivity index (χ0n) is 14.9. The van der Waals surface area contributed by atoms with Crippen molar-refractivity contribution in [3.8, 4) is 11.5 Å². The molecule has 1 saturated heterocycles. The maximum Gasteiger partial charge on any atom is 0.274 e. The number of fused-ring (bicyclic) bond motifs is 1. The van der Waals surface area contributed by atoms with Gasteiger partial charge in [-0.2, -0.15) is 0 Å². The third-order valence-corrected chi connectivity index (χ3v) is 5.41. The van der Waals surface area contributed by atoms with Crippen LogP contribution in [0.3, 0.4) is 0 Å². The lowest BCUT2D eigenvalue weighted by Crippen LogP contribution is -2.65. The van der Waals surface area contributed by atoms with E-state index in [0.29, 0.717) is 17.1 Å². The highest BCUT2D eigenvalue weighted by Crippen LogP contribution is 2.53. The Bertz CT molecular complexity index is 726. The molecule has 0 saturated carbocycles. The van der Waals surface area contributed by atoms with Crippen LogP contribution in [0.4, 0.5) is 5.69 Å². The number of methoxy groups -OCH3 is 1. The molecule has 2 heterocycles. The molecule has 0 aliphatic carbocycles. The van der Waals surface area contributed by atoms with Gasteiger partial charge in [0, 0.05) is 23.6 Å². The molecule has 2 aliphatic heterocycles. The first-order chi connectivity index (χ1) is 11.2. The molecule has 24 heavy (non-hydrogen) atoms. The van der Waals surface area contributed by atoms with Crippen LogP contribution in [-0.4, -0.2) is 36.3 Å². The second-order valence-electron chi connectivity index (χ2n) is 7.31. The molecular weight excluding hydrogens is 308 g/mol. The van der Waals surface area contributed by atoms with Gasteiger partial charge in [-0.25, -0.2) is 0 Å². The van der Waals surface area contributed by atoms with E-state index in [4.69, 9.17) is 9.47 Å². The average Bonchev–Trinajstić information content (AvgIpc) is 2.51. The van der Waals surface area contributed by atoms with Crippen LogP contribution in [0.5, 0.6) is 11.5 Å². The summed E-state index contributed by atoms with van der Waals surface area (Å²) in [5.41, 5.74) is 1.10. The van der Waals surface area contributed by atoms with Gasteiger partial charge < -0.3 is 9.47 Å². The van der Waals surface area contributed by atoms with Gasteiger partial charge in [-0.1, -0.05) is 13.8 Å². The largest absolute Gasteiger partial charge is 0.493 e. The SMILES string of the molecule is COc1cc([N+](=O)[O-])cc2c1OC1(C(C)=C2)N(C)CCCC1(C)C. The topological polar surface area (TPSA) is 64.8 Å². The van der Waals surface area contributed by atoms with Crippen molar-refractivity contribution in [1.29, 1.82) is 0 Å². The number of piperidine rings is 1. The van der Waals surface area contributed by atoms with Crippen LogP contribution in [0.2, 0.25) is 0 Å². The zero-order valence-corrected chi connectivity index (χ0v) is 14.9. The maximum atomic E-state index is 11.2. The van der Waals surface area contributed by atoms with Crippen LogP contribution in [0.15, 0.2) is 17.7 Å². The molecule has 1 atom stereocenters. The van der Waals surface area contributed by atoms with Crippen LogP contribution in [0.1, 0.15) is 39.2 Å². The fourth-order valence-corrected chi connectivity index (χ4v) is 4.29. The van der Waals surface area contributed by atoms with E-state index in [0.717, 1.165) is 25.0 Å². The summed E-state index contributed by atoms with van der Waals surface area (Å²) in [5, 5.41) is 11.2. The van der Waals surface area contributed by atoms with E-state index in [9.17, 15) is 10.1 Å². The fourth-order valence-electron chi connectivity index (χ4n) is 4.29. The highest BCUT2D eigenvalue weighted by molar-refractivity contribution is 5.71. The predicted molar refractivity (Wildman–Crippen MR) is 92.3 cm³/mol. The summed E-state index contributed by atoms with van der Waals surface area (Å²) in [5.74, 6) is 0.979. The second kappa shape index (κ2) is 5.48. The summed E-state index contributed by atoms with van der Waals surface area (Å²) in [7, 11) is 3.58. The van der Waals surface area contributed by atoms with Gasteiger partial charge in [0.15, 0.2) is 17.2 Å². The molecule has 0 amide bonds. The van der Waals surface area contributed by atoms with Crippen molar-refractivity contribution < 1.29 is 14.4 Å². The van der Waals surface area contributed by atoms with E-state index in [2.05, 4.69) is 25.8 Å². The highest BCUT2D eigenvalue weighted by atomic mass is 16.6. The molecule has 1 fully saturated rings. The third-order valence-electron chi connectivity index (χ3n) is 5.41. The lowest BCUT2D eigenvalue weighted by atomic mass is 9.69. The second-order valence-corrected chi connectivity index (χ2v) is 7.31. The predicted octanol–water partition coefficient (Wildman–Crippen LogP) is 3.85. The minimum absolute atomic E-state index is 0.00505. The number of nitro benzene ring substituents is 1. The first-order valence-electron chi connectivity index (χ1n) is 8.18. The van der Waals surface area contributed by atoms with E-state index in [1.165, 1.54) is 13.2 Å². The molecule has 0 aromatic heterocycles. The summed E-state index contributed by atoms with van der Waals surface area (Å²) in [6.45, 7) is 7.41. The minimum atomic E-state index is -0.568. The van der Waals surface area contributed by atoms with E-state index in [1.807, 2.05) is 13.0 Å². The summed E-state index contributed by atoms with van der Waals surface area (Å²) >= 11 is 0. The number of nitrogens with zero attached hydrogens (tertiary/aromatic N) is 2. The fraction of sp³-hybridized carbons (Fsp3) is 0.556. The van der Waals surface area contributed by atoms with E-state index in [-0.39, 0.29) is 11.1 Å². The number of hydrogen-bond acceptors (Lipinski definition) is 5. The van der Waals surface area contributed by atoms with Crippen LogP contribution in [0, 0.1) is 15.5 Å². The Morgan fingerprint density at radius 3 is 2.67 bits per heavy atom. The highest BCUT2D eigenvalue weighted by Gasteiger charge is 2.55. The molecule has 0 radical (unpaired) electrons. The molecule has 0 bridgehead atoms. The van der Waals surface area contributed by atoms with Crippen LogP contribution >= 0.6 is 0 Å². The Morgan fingerprint density at radius 1 is 1.38 bits per heavy atom. The van der Waals surface area contributed by atoms with Crippen molar-refractivity contribution in [3.05, 3.63) is 33.4 Å². The summed E-state index contributed by atoms with van der Waals surface area (Å²) in [6, 6.07) is 2.97. The van der Waals surface area contributed by atoms with Gasteiger partial charge in [-0.05, 0) is 38.5 Å². The molecule has 2 aliphatic rings. The Morgan fingerprint density at radius 2 is 2.08 bits per heavy atom. The van der Waals surface area contributed by atoms with Crippen molar-refractivity contribution in [3.63, 3.8) is 0 Å². The minimum Gasteiger partial charge on any atom is -0.493 e. The standard InChI is InChI=1S/C18H24N2O4/c1-12-9-13-10-14(20(21)22)11-15(23-5)16(13)24-18(12)17(2,3)7-6-8-19(18)4/h9-11H,6-8H2,1-5H3. The Hall–Kier alpha value is -2.08. The average molecular weight is 332 g/mol. The van der Waals surface area contributed by atoms with E-state index >= 15 is 0 Å². The molecule has 1 unspecified atom stereocenters. The van der Waals surface area contributed by atoms with Gasteiger partial charge in [0.2, 0.25) is 0 Å². The van der Waals surface area contributed by atoms with Crippen molar-refractivity contribution in [1.82, 2.24) is 4.90 Å². The number of ether oxygens (including phenoxy) is 2. The van der Waals surface area contributed by atoms with Crippen molar-refractivity contribution in [2.75, 3.05) is 20.7 Å². The van der Waals surface area contributed by atoms with Crippen molar-refractivity contribution in [2.45, 2.75) is 39.3 Å². The molecular formula is C18H24N2O4. The Labute approximate surface area is 142 Å². The Balaban J connectivity index is 2.20. The quantitative estimate of drug-likeness (QED) is 0.608. The van der Waals surface area contributed by atoms with Crippen molar-refractivity contribution in [2.24, 2.45) is 5.41 Å². The molecule has 6 heteroatoms. The van der Waals surface area contributed by atoms with Crippen LogP contribution in [-0.2, 0) is 0 Å². The molecule has 1 spiro atoms. The molecule has 3 rings (SSSR count). The number of benzene rings is 1. The molecule has 1 aromatic rings. The number of likely N-dealkylation sites (tertiary alicyclic amines) is 1. The zero-order chi connectivity index (χ0) is 17.7. The monoisotopic (exact) mass is 332 g/mol. The summed E-state index contributed by atoms with van der Waals surface area (Å²) < 4.78 is 12.0. The van der Waals surface area contributed by atoms with Crippen LogP contribution < -0.4 is 9.47 Å². The number of rotatable bonds is 2. The number of nitro groups is 1. The number of hydrogen-bond donors (Lipinski definition) is 0. The molecule has 6 nitrogen and oxygen atoms in total. The van der Waals surface area contributed by atoms with Gasteiger partial charge >= 0.3 is 0 Å². The molecule has 1 aromatic carbocycles.